The van der Waals surface area contributed by atoms with Crippen molar-refractivity contribution in [3.63, 3.8) is 0 Å². The van der Waals surface area contributed by atoms with Crippen molar-refractivity contribution in [2.75, 3.05) is 24.4 Å². The average Bonchev–Trinajstić information content (AvgIpc) is 2.87. The Morgan fingerprint density at radius 2 is 1.69 bits per heavy atom. The van der Waals surface area contributed by atoms with Crippen molar-refractivity contribution < 1.29 is 17.9 Å². The maximum atomic E-state index is 14.8. The Hall–Kier alpha value is -3.81. The first-order valence-electron chi connectivity index (χ1n) is 11.8. The number of nitrogens with zero attached hydrogens (tertiary/aromatic N) is 3. The van der Waals surface area contributed by atoms with Gasteiger partial charge in [0.1, 0.15) is 23.2 Å². The predicted molar refractivity (Wildman–Crippen MR) is 138 cm³/mol. The maximum absolute atomic E-state index is 14.8. The van der Waals surface area contributed by atoms with Gasteiger partial charge in [-0.2, -0.15) is 0 Å². The number of nitrogens with one attached hydrogen (secondary N) is 1. The number of hydrogen-bond acceptors (Lipinski definition) is 5. The quantitative estimate of drug-likeness (QED) is 0.274. The zero-order valence-corrected chi connectivity index (χ0v) is 20.9. The summed E-state index contributed by atoms with van der Waals surface area (Å²) in [5, 5.41) is 3.96. The van der Waals surface area contributed by atoms with Crippen LogP contribution in [0.1, 0.15) is 48.8 Å². The van der Waals surface area contributed by atoms with Gasteiger partial charge in [0.2, 0.25) is 0 Å². The molecule has 8 heteroatoms. The highest BCUT2D eigenvalue weighted by atomic mass is 19.3. The molecule has 0 aliphatic carbocycles. The highest BCUT2D eigenvalue weighted by Gasteiger charge is 2.20. The van der Waals surface area contributed by atoms with E-state index in [1.54, 1.807) is 21.0 Å². The number of halogens is 3. The molecular formula is C28H29F3N4O. The van der Waals surface area contributed by atoms with Crippen molar-refractivity contribution in [2.45, 2.75) is 39.7 Å². The first-order valence-corrected chi connectivity index (χ1v) is 11.8. The lowest BCUT2D eigenvalue weighted by Crippen LogP contribution is -2.13. The molecule has 0 spiro atoms. The van der Waals surface area contributed by atoms with Gasteiger partial charge in [0, 0.05) is 29.4 Å². The van der Waals surface area contributed by atoms with Crippen LogP contribution in [0.25, 0.3) is 10.9 Å². The Morgan fingerprint density at radius 3 is 2.39 bits per heavy atom. The largest absolute Gasteiger partial charge is 0.496 e. The Morgan fingerprint density at radius 1 is 1.00 bits per heavy atom. The number of fused-ring (bicyclic) bond motifs is 1. The van der Waals surface area contributed by atoms with Crippen LogP contribution in [0.15, 0.2) is 54.6 Å². The number of anilines is 3. The molecule has 0 aliphatic heterocycles. The summed E-state index contributed by atoms with van der Waals surface area (Å²) >= 11 is 0. The number of rotatable bonds is 8. The molecule has 5 nitrogen and oxygen atoms in total. The maximum Gasteiger partial charge on any atom is 0.266 e. The fourth-order valence-corrected chi connectivity index (χ4v) is 4.30. The van der Waals surface area contributed by atoms with E-state index in [-0.39, 0.29) is 5.56 Å². The van der Waals surface area contributed by atoms with Crippen LogP contribution in [0.2, 0.25) is 0 Å². The van der Waals surface area contributed by atoms with Crippen molar-refractivity contribution in [3.8, 4) is 5.75 Å². The van der Waals surface area contributed by atoms with E-state index in [1.807, 2.05) is 37.4 Å². The van der Waals surface area contributed by atoms with E-state index in [2.05, 4.69) is 33.2 Å². The van der Waals surface area contributed by atoms with E-state index < -0.39 is 23.8 Å². The van der Waals surface area contributed by atoms with Gasteiger partial charge in [-0.3, -0.25) is 0 Å². The van der Waals surface area contributed by atoms with E-state index in [1.165, 1.54) is 12.1 Å². The van der Waals surface area contributed by atoms with Gasteiger partial charge in [-0.15, -0.1) is 0 Å². The molecule has 4 aromatic rings. The van der Waals surface area contributed by atoms with E-state index in [0.29, 0.717) is 11.6 Å². The molecule has 0 aliphatic rings. The third-order valence-electron chi connectivity index (χ3n) is 6.32. The first-order chi connectivity index (χ1) is 17.2. The molecule has 188 valence electrons. The lowest BCUT2D eigenvalue weighted by Gasteiger charge is -2.23. The molecule has 4 rings (SSSR count). The second-order valence-corrected chi connectivity index (χ2v) is 8.65. The van der Waals surface area contributed by atoms with E-state index in [0.717, 1.165) is 46.1 Å². The van der Waals surface area contributed by atoms with Crippen LogP contribution in [-0.2, 0) is 6.42 Å². The number of hydrogen-bond donors (Lipinski definition) is 1. The molecule has 1 atom stereocenters. The summed E-state index contributed by atoms with van der Waals surface area (Å²) in [6.07, 6.45) is -2.05. The molecule has 1 heterocycles. The molecule has 3 aromatic carbocycles. The van der Waals surface area contributed by atoms with Crippen LogP contribution >= 0.6 is 0 Å². The van der Waals surface area contributed by atoms with Crippen LogP contribution in [0.5, 0.6) is 5.75 Å². The van der Waals surface area contributed by atoms with E-state index in [9.17, 15) is 13.2 Å². The van der Waals surface area contributed by atoms with Crippen molar-refractivity contribution in [2.24, 2.45) is 0 Å². The molecule has 36 heavy (non-hydrogen) atoms. The van der Waals surface area contributed by atoms with Gasteiger partial charge in [-0.05, 0) is 62.2 Å². The van der Waals surface area contributed by atoms with Crippen LogP contribution in [-0.4, -0.2) is 24.1 Å². The molecule has 0 saturated heterocycles. The number of aromatic nitrogens is 2. The normalized spacial score (nSPS) is 12.1. The minimum atomic E-state index is -2.89. The van der Waals surface area contributed by atoms with Crippen molar-refractivity contribution >= 4 is 28.1 Å². The lowest BCUT2D eigenvalue weighted by molar-refractivity contribution is 0.146. The van der Waals surface area contributed by atoms with Gasteiger partial charge >= 0.3 is 0 Å². The first kappa shape index (κ1) is 25.3. The fraction of sp³-hybridized carbons (Fsp3) is 0.286. The van der Waals surface area contributed by atoms with Gasteiger partial charge in [0.15, 0.2) is 0 Å². The van der Waals surface area contributed by atoms with E-state index in [4.69, 9.17) is 4.74 Å². The standard InChI is InChI=1S/C28H29F3N4O/c1-6-18-14-19(11-13-25(18)36-5)35(4)20-10-12-24-23(15-20)28(34-17(3)33-24)32-16(2)21-8-7-9-22(26(21)29)27(30)31/h7-16,27H,6H2,1-5H3,(H,32,33,34). The summed E-state index contributed by atoms with van der Waals surface area (Å²) in [7, 11) is 3.63. The van der Waals surface area contributed by atoms with Gasteiger partial charge in [0.05, 0.1) is 24.2 Å². The number of ether oxygens (including phenoxy) is 1. The Kier molecular flexibility index (Phi) is 7.33. The third kappa shape index (κ3) is 4.94. The Balaban J connectivity index is 1.72. The second-order valence-electron chi connectivity index (χ2n) is 8.65. The fourth-order valence-electron chi connectivity index (χ4n) is 4.30. The molecule has 1 N–H and O–H groups in total. The molecular weight excluding hydrogens is 465 g/mol. The second kappa shape index (κ2) is 10.4. The summed E-state index contributed by atoms with van der Waals surface area (Å²) in [4.78, 5) is 11.1. The van der Waals surface area contributed by atoms with Gasteiger partial charge < -0.3 is 15.0 Å². The van der Waals surface area contributed by atoms with Crippen molar-refractivity contribution in [1.82, 2.24) is 9.97 Å². The number of aryl methyl sites for hydroxylation is 2. The summed E-state index contributed by atoms with van der Waals surface area (Å²) in [6.45, 7) is 5.57. The molecule has 0 fully saturated rings. The summed E-state index contributed by atoms with van der Waals surface area (Å²) < 4.78 is 46.7. The average molecular weight is 495 g/mol. The van der Waals surface area contributed by atoms with Crippen LogP contribution in [0.4, 0.5) is 30.4 Å². The van der Waals surface area contributed by atoms with Crippen LogP contribution < -0.4 is 15.0 Å². The minimum Gasteiger partial charge on any atom is -0.496 e. The Labute approximate surface area is 209 Å². The Bertz CT molecular complexity index is 1390. The van der Waals surface area contributed by atoms with Gasteiger partial charge in [0.25, 0.3) is 6.43 Å². The highest BCUT2D eigenvalue weighted by Crippen LogP contribution is 2.34. The molecule has 0 bridgehead atoms. The predicted octanol–water partition coefficient (Wildman–Crippen LogP) is 7.53. The van der Waals surface area contributed by atoms with Gasteiger partial charge in [-0.1, -0.05) is 25.1 Å². The summed E-state index contributed by atoms with van der Waals surface area (Å²) in [5.74, 6) is 0.990. The molecule has 1 unspecified atom stereocenters. The van der Waals surface area contributed by atoms with Gasteiger partial charge in [-0.25, -0.2) is 23.1 Å². The SMILES string of the molecule is CCc1cc(N(C)c2ccc3nc(C)nc(NC(C)c4cccc(C(F)F)c4F)c3c2)ccc1OC. The topological polar surface area (TPSA) is 50.3 Å². The zero-order valence-electron chi connectivity index (χ0n) is 20.9. The summed E-state index contributed by atoms with van der Waals surface area (Å²) in [5.41, 5.74) is 3.26. The molecule has 0 radical (unpaired) electrons. The third-order valence-corrected chi connectivity index (χ3v) is 6.32. The van der Waals surface area contributed by atoms with Crippen molar-refractivity contribution in [1.29, 1.82) is 0 Å². The minimum absolute atomic E-state index is 0.149. The zero-order chi connectivity index (χ0) is 26.0. The molecule has 0 saturated carbocycles. The number of methoxy groups -OCH3 is 1. The smallest absolute Gasteiger partial charge is 0.266 e. The molecule has 0 amide bonds. The van der Waals surface area contributed by atoms with E-state index >= 15 is 0 Å². The monoisotopic (exact) mass is 494 g/mol. The number of alkyl halides is 2. The number of benzene rings is 3. The molecule has 1 aromatic heterocycles. The summed E-state index contributed by atoms with van der Waals surface area (Å²) in [6, 6.07) is 15.3. The lowest BCUT2D eigenvalue weighted by atomic mass is 10.0. The van der Waals surface area contributed by atoms with Crippen molar-refractivity contribution in [3.05, 3.63) is 82.9 Å². The van der Waals surface area contributed by atoms with Crippen LogP contribution in [0, 0.1) is 12.7 Å². The highest BCUT2D eigenvalue weighted by molar-refractivity contribution is 5.92. The van der Waals surface area contributed by atoms with Crippen LogP contribution in [0.3, 0.4) is 0 Å².